The first-order valence-corrected chi connectivity index (χ1v) is 9.49. The molecule has 0 N–H and O–H groups in total. The lowest BCUT2D eigenvalue weighted by Gasteiger charge is -2.13. The number of hydrogen-bond acceptors (Lipinski definition) is 4. The fraction of sp³-hybridized carbons (Fsp3) is 0.800. The van der Waals surface area contributed by atoms with Gasteiger partial charge in [0, 0.05) is 19.3 Å². The smallest absolute Gasteiger partial charge is 0.306 e. The van der Waals surface area contributed by atoms with Crippen LogP contribution in [0.1, 0.15) is 91.4 Å². The Morgan fingerprint density at radius 3 is 2.00 bits per heavy atom. The van der Waals surface area contributed by atoms with E-state index in [4.69, 9.17) is 9.47 Å². The number of ether oxygens (including phenoxy) is 2. The zero-order valence-electron chi connectivity index (χ0n) is 15.9. The van der Waals surface area contributed by atoms with Crippen molar-refractivity contribution >= 4 is 11.9 Å². The number of hydrogen-bond donors (Lipinski definition) is 0. The molecule has 0 spiro atoms. The van der Waals surface area contributed by atoms with Crippen LogP contribution in [-0.4, -0.2) is 24.1 Å². The topological polar surface area (TPSA) is 52.6 Å². The Morgan fingerprint density at radius 1 is 0.875 bits per heavy atom. The van der Waals surface area contributed by atoms with Gasteiger partial charge < -0.3 is 9.47 Å². The quantitative estimate of drug-likeness (QED) is 0.229. The molecule has 0 aromatic heterocycles. The van der Waals surface area contributed by atoms with Crippen molar-refractivity contribution in [2.75, 3.05) is 0 Å². The lowest BCUT2D eigenvalue weighted by atomic mass is 10.1. The molecule has 0 rings (SSSR count). The number of esters is 2. The molecule has 0 aromatic carbocycles. The van der Waals surface area contributed by atoms with Crippen LogP contribution < -0.4 is 0 Å². The molecule has 0 saturated carbocycles. The third-order valence-corrected chi connectivity index (χ3v) is 3.89. The van der Waals surface area contributed by atoms with Crippen LogP contribution in [0.3, 0.4) is 0 Å². The summed E-state index contributed by atoms with van der Waals surface area (Å²) in [4.78, 5) is 23.3. The summed E-state index contributed by atoms with van der Waals surface area (Å²) < 4.78 is 10.6. The van der Waals surface area contributed by atoms with E-state index >= 15 is 0 Å². The molecule has 4 heteroatoms. The summed E-state index contributed by atoms with van der Waals surface area (Å²) in [5.41, 5.74) is 0. The minimum atomic E-state index is -0.266. The van der Waals surface area contributed by atoms with Crippen molar-refractivity contribution < 1.29 is 19.1 Å². The van der Waals surface area contributed by atoms with Crippen LogP contribution in [0.15, 0.2) is 12.7 Å². The first-order chi connectivity index (χ1) is 11.5. The van der Waals surface area contributed by atoms with Gasteiger partial charge in [0.1, 0.15) is 6.10 Å². The molecule has 0 fully saturated rings. The Kier molecular flexibility index (Phi) is 14.4. The molecule has 0 saturated heterocycles. The van der Waals surface area contributed by atoms with Gasteiger partial charge in [-0.3, -0.25) is 9.59 Å². The van der Waals surface area contributed by atoms with Gasteiger partial charge in [-0.15, -0.1) is 6.58 Å². The van der Waals surface area contributed by atoms with Crippen molar-refractivity contribution in [3.05, 3.63) is 12.7 Å². The van der Waals surface area contributed by atoms with E-state index in [2.05, 4.69) is 13.5 Å². The van der Waals surface area contributed by atoms with E-state index in [0.29, 0.717) is 12.8 Å². The molecule has 0 aliphatic heterocycles. The number of carbonyl (C=O) groups excluding carboxylic acids is 2. The Hall–Kier alpha value is -1.32. The number of unbranched alkanes of at least 4 members (excludes halogenated alkanes) is 5. The van der Waals surface area contributed by atoms with Crippen molar-refractivity contribution in [2.24, 2.45) is 0 Å². The maximum atomic E-state index is 11.7. The van der Waals surface area contributed by atoms with E-state index in [-0.39, 0.29) is 37.0 Å². The standard InChI is InChI=1S/C20H36O4/c1-5-7-8-9-10-11-14-18(4)24-20(22)16-12-15-19(21)23-17(3)13-6-2/h6,17-18H,2,5,7-16H2,1,3-4H3. The van der Waals surface area contributed by atoms with E-state index < -0.39 is 0 Å². The Bertz CT molecular complexity index is 352. The highest BCUT2D eigenvalue weighted by atomic mass is 16.5. The molecule has 0 aromatic rings. The first kappa shape index (κ1) is 22.7. The van der Waals surface area contributed by atoms with Crippen molar-refractivity contribution in [3.8, 4) is 0 Å². The minimum Gasteiger partial charge on any atom is -0.463 e. The highest BCUT2D eigenvalue weighted by molar-refractivity contribution is 5.72. The summed E-state index contributed by atoms with van der Waals surface area (Å²) in [5.74, 6) is -0.488. The van der Waals surface area contributed by atoms with Gasteiger partial charge in [0.2, 0.25) is 0 Å². The molecule has 24 heavy (non-hydrogen) atoms. The normalized spacial score (nSPS) is 13.1. The van der Waals surface area contributed by atoms with Crippen LogP contribution in [0, 0.1) is 0 Å². The van der Waals surface area contributed by atoms with Gasteiger partial charge in [0.15, 0.2) is 0 Å². The summed E-state index contributed by atoms with van der Waals surface area (Å²) >= 11 is 0. The van der Waals surface area contributed by atoms with Gasteiger partial charge in [-0.1, -0.05) is 45.1 Å². The van der Waals surface area contributed by atoms with Crippen molar-refractivity contribution in [3.63, 3.8) is 0 Å². The highest BCUT2D eigenvalue weighted by Crippen LogP contribution is 2.11. The molecule has 2 unspecified atom stereocenters. The molecule has 0 amide bonds. The predicted octanol–water partition coefficient (Wildman–Crippen LogP) is 5.35. The van der Waals surface area contributed by atoms with Gasteiger partial charge in [0.05, 0.1) is 6.10 Å². The zero-order chi connectivity index (χ0) is 18.2. The fourth-order valence-electron chi connectivity index (χ4n) is 2.50. The second-order valence-corrected chi connectivity index (χ2v) is 6.54. The predicted molar refractivity (Wildman–Crippen MR) is 97.8 cm³/mol. The lowest BCUT2D eigenvalue weighted by molar-refractivity contribution is -0.150. The molecule has 0 bridgehead atoms. The molecule has 4 nitrogen and oxygen atoms in total. The molecule has 0 aliphatic carbocycles. The molecular formula is C20H36O4. The summed E-state index contributed by atoms with van der Waals surface area (Å²) in [6.07, 6.45) is 11.5. The third kappa shape index (κ3) is 14.3. The van der Waals surface area contributed by atoms with Crippen LogP contribution in [-0.2, 0) is 19.1 Å². The molecule has 140 valence electrons. The molecule has 2 atom stereocenters. The van der Waals surface area contributed by atoms with E-state index in [0.717, 1.165) is 12.8 Å². The highest BCUT2D eigenvalue weighted by Gasteiger charge is 2.12. The second-order valence-electron chi connectivity index (χ2n) is 6.54. The van der Waals surface area contributed by atoms with Gasteiger partial charge in [-0.2, -0.15) is 0 Å². The molecule has 0 aliphatic rings. The second kappa shape index (κ2) is 15.2. The van der Waals surface area contributed by atoms with Gasteiger partial charge in [-0.05, 0) is 33.1 Å². The molecule has 0 radical (unpaired) electrons. The van der Waals surface area contributed by atoms with E-state index in [9.17, 15) is 9.59 Å². The summed E-state index contributed by atoms with van der Waals surface area (Å²) in [5, 5.41) is 0. The molecular weight excluding hydrogens is 304 g/mol. The van der Waals surface area contributed by atoms with Gasteiger partial charge >= 0.3 is 11.9 Å². The van der Waals surface area contributed by atoms with Gasteiger partial charge in [0.25, 0.3) is 0 Å². The summed E-state index contributed by atoms with van der Waals surface area (Å²) in [7, 11) is 0. The van der Waals surface area contributed by atoms with Crippen LogP contribution in [0.2, 0.25) is 0 Å². The van der Waals surface area contributed by atoms with Crippen LogP contribution in [0.5, 0.6) is 0 Å². The maximum absolute atomic E-state index is 11.7. The van der Waals surface area contributed by atoms with E-state index in [1.54, 1.807) is 6.08 Å². The summed E-state index contributed by atoms with van der Waals surface area (Å²) in [6.45, 7) is 9.59. The average Bonchev–Trinajstić information content (AvgIpc) is 2.50. The number of carbonyl (C=O) groups is 2. The Balaban J connectivity index is 3.63. The summed E-state index contributed by atoms with van der Waals surface area (Å²) in [6, 6.07) is 0. The van der Waals surface area contributed by atoms with Crippen LogP contribution in [0.4, 0.5) is 0 Å². The zero-order valence-corrected chi connectivity index (χ0v) is 15.9. The maximum Gasteiger partial charge on any atom is 0.306 e. The van der Waals surface area contributed by atoms with Crippen molar-refractivity contribution in [1.82, 2.24) is 0 Å². The SMILES string of the molecule is C=CCC(C)OC(=O)CCCC(=O)OC(C)CCCCCCCC. The molecule has 0 heterocycles. The Labute approximate surface area is 148 Å². The largest absolute Gasteiger partial charge is 0.463 e. The average molecular weight is 341 g/mol. The van der Waals surface area contributed by atoms with Crippen molar-refractivity contribution in [2.45, 2.75) is 104 Å². The van der Waals surface area contributed by atoms with Crippen LogP contribution in [0.25, 0.3) is 0 Å². The van der Waals surface area contributed by atoms with Crippen molar-refractivity contribution in [1.29, 1.82) is 0 Å². The fourth-order valence-corrected chi connectivity index (χ4v) is 2.50. The lowest BCUT2D eigenvalue weighted by Crippen LogP contribution is -2.16. The monoisotopic (exact) mass is 340 g/mol. The first-order valence-electron chi connectivity index (χ1n) is 9.49. The van der Waals surface area contributed by atoms with E-state index in [1.807, 2.05) is 13.8 Å². The minimum absolute atomic E-state index is 0.0387. The van der Waals surface area contributed by atoms with Crippen LogP contribution >= 0.6 is 0 Å². The Morgan fingerprint density at radius 2 is 1.42 bits per heavy atom. The van der Waals surface area contributed by atoms with Gasteiger partial charge in [-0.25, -0.2) is 0 Å². The third-order valence-electron chi connectivity index (χ3n) is 3.89. The number of rotatable bonds is 15. The van der Waals surface area contributed by atoms with E-state index in [1.165, 1.54) is 32.1 Å².